The summed E-state index contributed by atoms with van der Waals surface area (Å²) in [4.78, 5) is 0. The Hall–Kier alpha value is -1.73. The van der Waals surface area contributed by atoms with Gasteiger partial charge >= 0.3 is 0 Å². The molecule has 0 radical (unpaired) electrons. The van der Waals surface area contributed by atoms with Gasteiger partial charge in [0.25, 0.3) is 0 Å². The van der Waals surface area contributed by atoms with Crippen molar-refractivity contribution in [2.75, 3.05) is 0 Å². The highest BCUT2D eigenvalue weighted by molar-refractivity contribution is 8.13. The summed E-state index contributed by atoms with van der Waals surface area (Å²) in [7, 11) is 0. The van der Waals surface area contributed by atoms with E-state index in [-0.39, 0.29) is 5.17 Å². The molecule has 0 atom stereocenters. The molecular weight excluding hydrogens is 274 g/mol. The fraction of sp³-hybridized carbons (Fsp3) is 0.100. The van der Waals surface area contributed by atoms with Crippen LogP contribution in [0.1, 0.15) is 5.89 Å². The van der Waals surface area contributed by atoms with E-state index in [0.717, 1.165) is 5.56 Å². The van der Waals surface area contributed by atoms with Crippen LogP contribution in [0, 0.1) is 0 Å². The van der Waals surface area contributed by atoms with Gasteiger partial charge in [0.1, 0.15) is 0 Å². The minimum absolute atomic E-state index is 0.265. The van der Waals surface area contributed by atoms with Gasteiger partial charge in [0.15, 0.2) is 5.17 Å². The average molecular weight is 284 g/mol. The standard InChI is InChI=1S/C10H10ClN5OS/c11-7-3-1-6(2-4-7)9-16-15-8(17-9)5-18-10(12)14-13/h1-4H,5,13H2,(H2,12,14). The maximum atomic E-state index is 5.80. The summed E-state index contributed by atoms with van der Waals surface area (Å²) in [6.45, 7) is 0. The predicted molar refractivity (Wildman–Crippen MR) is 71.8 cm³/mol. The van der Waals surface area contributed by atoms with Crippen molar-refractivity contribution in [1.29, 1.82) is 0 Å². The summed E-state index contributed by atoms with van der Waals surface area (Å²) < 4.78 is 5.47. The molecule has 0 saturated heterocycles. The molecule has 94 valence electrons. The molecule has 0 amide bonds. The first-order valence-electron chi connectivity index (χ1n) is 4.93. The van der Waals surface area contributed by atoms with Gasteiger partial charge in [0.05, 0.1) is 5.75 Å². The Morgan fingerprint density at radius 2 is 2.06 bits per heavy atom. The van der Waals surface area contributed by atoms with Crippen LogP contribution in [-0.4, -0.2) is 15.4 Å². The lowest BCUT2D eigenvalue weighted by Gasteiger charge is -1.95. The fourth-order valence-electron chi connectivity index (χ4n) is 1.19. The summed E-state index contributed by atoms with van der Waals surface area (Å²) >= 11 is 7.02. The number of hydrazone groups is 1. The molecule has 18 heavy (non-hydrogen) atoms. The number of halogens is 1. The van der Waals surface area contributed by atoms with Crippen LogP contribution in [0.3, 0.4) is 0 Å². The van der Waals surface area contributed by atoms with E-state index in [0.29, 0.717) is 22.6 Å². The molecule has 0 spiro atoms. The van der Waals surface area contributed by atoms with Gasteiger partial charge in [-0.1, -0.05) is 23.4 Å². The van der Waals surface area contributed by atoms with Crippen molar-refractivity contribution in [1.82, 2.24) is 10.2 Å². The van der Waals surface area contributed by atoms with Gasteiger partial charge in [-0.3, -0.25) is 0 Å². The summed E-state index contributed by atoms with van der Waals surface area (Å²) in [6.07, 6.45) is 0. The lowest BCUT2D eigenvalue weighted by molar-refractivity contribution is 0.529. The number of hydrogen-bond acceptors (Lipinski definition) is 6. The Morgan fingerprint density at radius 1 is 1.33 bits per heavy atom. The lowest BCUT2D eigenvalue weighted by atomic mass is 10.2. The van der Waals surface area contributed by atoms with E-state index in [1.807, 2.05) is 12.1 Å². The van der Waals surface area contributed by atoms with E-state index in [2.05, 4.69) is 15.3 Å². The number of aromatic nitrogens is 2. The quantitative estimate of drug-likeness (QED) is 0.385. The molecule has 0 bridgehead atoms. The third kappa shape index (κ3) is 3.14. The van der Waals surface area contributed by atoms with Crippen molar-refractivity contribution < 1.29 is 4.42 Å². The molecule has 2 aromatic rings. The second-order valence-corrected chi connectivity index (χ2v) is 4.70. The van der Waals surface area contributed by atoms with Gasteiger partial charge in [-0.25, -0.2) is 0 Å². The third-order valence-electron chi connectivity index (χ3n) is 2.03. The van der Waals surface area contributed by atoms with Crippen LogP contribution in [0.4, 0.5) is 0 Å². The van der Waals surface area contributed by atoms with Crippen molar-refractivity contribution >= 4 is 28.5 Å². The normalized spacial score (nSPS) is 11.7. The second kappa shape index (κ2) is 5.74. The van der Waals surface area contributed by atoms with Crippen molar-refractivity contribution in [2.45, 2.75) is 5.75 Å². The smallest absolute Gasteiger partial charge is 0.247 e. The maximum absolute atomic E-state index is 5.80. The molecule has 1 aromatic carbocycles. The van der Waals surface area contributed by atoms with Crippen molar-refractivity contribution in [2.24, 2.45) is 16.7 Å². The zero-order valence-corrected chi connectivity index (χ0v) is 10.8. The first-order chi connectivity index (χ1) is 8.69. The van der Waals surface area contributed by atoms with E-state index in [1.54, 1.807) is 12.1 Å². The summed E-state index contributed by atoms with van der Waals surface area (Å²) in [5.74, 6) is 6.32. The van der Waals surface area contributed by atoms with Gasteiger partial charge in [-0.05, 0) is 24.3 Å². The molecule has 0 unspecified atom stereocenters. The third-order valence-corrected chi connectivity index (χ3v) is 3.07. The molecule has 1 heterocycles. The Morgan fingerprint density at radius 3 is 2.72 bits per heavy atom. The highest BCUT2D eigenvalue weighted by Crippen LogP contribution is 2.21. The maximum Gasteiger partial charge on any atom is 0.247 e. The van der Waals surface area contributed by atoms with Gasteiger partial charge in [-0.2, -0.15) is 5.10 Å². The minimum Gasteiger partial charge on any atom is -0.420 e. The Balaban J connectivity index is 2.08. The number of thioether (sulfide) groups is 1. The van der Waals surface area contributed by atoms with Crippen LogP contribution in [-0.2, 0) is 5.75 Å². The lowest BCUT2D eigenvalue weighted by Crippen LogP contribution is -2.09. The molecule has 4 N–H and O–H groups in total. The monoisotopic (exact) mass is 283 g/mol. The molecule has 0 aliphatic heterocycles. The van der Waals surface area contributed by atoms with Crippen molar-refractivity contribution in [3.63, 3.8) is 0 Å². The van der Waals surface area contributed by atoms with E-state index in [4.69, 9.17) is 27.6 Å². The van der Waals surface area contributed by atoms with Crippen LogP contribution in [0.2, 0.25) is 5.02 Å². The zero-order valence-electron chi connectivity index (χ0n) is 9.21. The number of nitrogens with zero attached hydrogens (tertiary/aromatic N) is 3. The number of nitrogens with two attached hydrogens (primary N) is 2. The van der Waals surface area contributed by atoms with Crippen LogP contribution < -0.4 is 11.6 Å². The van der Waals surface area contributed by atoms with Crippen LogP contribution >= 0.6 is 23.4 Å². The fourth-order valence-corrected chi connectivity index (χ4v) is 1.78. The topological polar surface area (TPSA) is 103 Å². The highest BCUT2D eigenvalue weighted by atomic mass is 35.5. The Labute approximate surface area is 112 Å². The summed E-state index contributed by atoms with van der Waals surface area (Å²) in [5.41, 5.74) is 6.25. The van der Waals surface area contributed by atoms with E-state index >= 15 is 0 Å². The average Bonchev–Trinajstić information content (AvgIpc) is 2.85. The Bertz CT molecular complexity index is 554. The number of benzene rings is 1. The number of rotatable bonds is 3. The molecule has 6 nitrogen and oxygen atoms in total. The van der Waals surface area contributed by atoms with E-state index in [1.165, 1.54) is 11.8 Å². The van der Waals surface area contributed by atoms with Crippen LogP contribution in [0.5, 0.6) is 0 Å². The zero-order chi connectivity index (χ0) is 13.0. The van der Waals surface area contributed by atoms with Crippen LogP contribution in [0.25, 0.3) is 11.5 Å². The molecule has 0 fully saturated rings. The second-order valence-electron chi connectivity index (χ2n) is 3.26. The largest absolute Gasteiger partial charge is 0.420 e. The number of amidine groups is 1. The molecule has 2 rings (SSSR count). The molecule has 0 aliphatic rings. The Kier molecular flexibility index (Phi) is 4.06. The van der Waals surface area contributed by atoms with Gasteiger partial charge in [0.2, 0.25) is 11.8 Å². The minimum atomic E-state index is 0.265. The summed E-state index contributed by atoms with van der Waals surface area (Å²) in [5, 5.41) is 12.1. The molecular formula is C10H10ClN5OS. The van der Waals surface area contributed by atoms with E-state index < -0.39 is 0 Å². The van der Waals surface area contributed by atoms with Crippen molar-refractivity contribution in [3.05, 3.63) is 35.2 Å². The SMILES string of the molecule is NN=C(N)SCc1nnc(-c2ccc(Cl)cc2)o1. The van der Waals surface area contributed by atoms with Crippen LogP contribution in [0.15, 0.2) is 33.8 Å². The van der Waals surface area contributed by atoms with Crippen molar-refractivity contribution in [3.8, 4) is 11.5 Å². The molecule has 8 heteroatoms. The van der Waals surface area contributed by atoms with E-state index in [9.17, 15) is 0 Å². The van der Waals surface area contributed by atoms with Gasteiger partial charge in [0, 0.05) is 10.6 Å². The predicted octanol–water partition coefficient (Wildman–Crippen LogP) is 1.81. The highest BCUT2D eigenvalue weighted by Gasteiger charge is 2.09. The number of hydrogen-bond donors (Lipinski definition) is 2. The van der Waals surface area contributed by atoms with Gasteiger partial charge < -0.3 is 16.0 Å². The molecule has 1 aromatic heterocycles. The first-order valence-corrected chi connectivity index (χ1v) is 6.30. The molecule has 0 aliphatic carbocycles. The molecule has 0 saturated carbocycles. The first kappa shape index (κ1) is 12.7. The van der Waals surface area contributed by atoms with Gasteiger partial charge in [-0.15, -0.1) is 10.2 Å². The summed E-state index contributed by atoms with van der Waals surface area (Å²) in [6, 6.07) is 7.13.